The quantitative estimate of drug-likeness (QED) is 0.233. The van der Waals surface area contributed by atoms with E-state index in [1.165, 1.54) is 0 Å². The van der Waals surface area contributed by atoms with Crippen molar-refractivity contribution in [1.29, 1.82) is 0 Å². The number of hydrogen-bond donors (Lipinski definition) is 9. The van der Waals surface area contributed by atoms with Crippen molar-refractivity contribution in [2.45, 2.75) is 24.9 Å². The number of aliphatic hydroxyl groups excluding tert-OH is 4. The lowest BCUT2D eigenvalue weighted by Crippen LogP contribution is -2.43. The van der Waals surface area contributed by atoms with E-state index in [0.29, 0.717) is 0 Å². The molecule has 0 fully saturated rings. The van der Waals surface area contributed by atoms with Gasteiger partial charge in [0.15, 0.2) is 0 Å². The molecule has 120 valence electrons. The summed E-state index contributed by atoms with van der Waals surface area (Å²) < 4.78 is 8.88. The van der Waals surface area contributed by atoms with Crippen LogP contribution in [0.15, 0.2) is 0 Å². The van der Waals surface area contributed by atoms with Gasteiger partial charge in [0.2, 0.25) is 0 Å². The van der Waals surface area contributed by atoms with Crippen LogP contribution in [0.5, 0.6) is 0 Å². The minimum atomic E-state index is -4.64. The van der Waals surface area contributed by atoms with Gasteiger partial charge in [-0.25, -0.2) is 4.57 Å². The van der Waals surface area contributed by atoms with Gasteiger partial charge in [-0.1, -0.05) is 0 Å². The molecule has 0 bridgehead atoms. The van der Waals surface area contributed by atoms with Gasteiger partial charge in [0.1, 0.15) is 0 Å². The van der Waals surface area contributed by atoms with E-state index in [-0.39, 0.29) is 26.4 Å². The average molecular weight is 308 g/mol. The van der Waals surface area contributed by atoms with Crippen LogP contribution >= 0.6 is 7.82 Å². The first-order valence-electron chi connectivity index (χ1n) is 5.04. The Kier molecular flexibility index (Phi) is 13.4. The molecule has 0 aromatic carbocycles. The maximum Gasteiger partial charge on any atom is 0.466 e. The highest BCUT2D eigenvalue weighted by molar-refractivity contribution is 7.45. The number of aliphatic hydroxyl groups is 4. The van der Waals surface area contributed by atoms with Crippen LogP contribution in [0.2, 0.25) is 0 Å². The van der Waals surface area contributed by atoms with Gasteiger partial charge in [-0.05, 0) is 13.8 Å². The minimum absolute atomic E-state index is 0.177. The molecule has 10 nitrogen and oxygen atoms in total. The van der Waals surface area contributed by atoms with Gasteiger partial charge in [-0.2, -0.15) is 0 Å². The molecule has 11 heteroatoms. The van der Waals surface area contributed by atoms with Gasteiger partial charge >= 0.3 is 7.82 Å². The Morgan fingerprint density at radius 3 is 0.895 bits per heavy atom. The van der Waals surface area contributed by atoms with Crippen molar-refractivity contribution in [3.8, 4) is 0 Å². The minimum Gasteiger partial charge on any atom is -0.394 e. The molecule has 0 unspecified atom stereocenters. The first-order chi connectivity index (χ1) is 8.24. The Morgan fingerprint density at radius 1 is 0.789 bits per heavy atom. The summed E-state index contributed by atoms with van der Waals surface area (Å²) in [4.78, 5) is 21.6. The third-order valence-corrected chi connectivity index (χ3v) is 1.44. The Bertz CT molecular complexity index is 219. The fourth-order valence-corrected chi connectivity index (χ4v) is 0.1000. The molecule has 0 radical (unpaired) electrons. The first kappa shape index (κ1) is 23.9. The molecule has 0 rings (SSSR count). The summed E-state index contributed by atoms with van der Waals surface area (Å²) in [5.41, 5.74) is 8.82. The monoisotopic (exact) mass is 308 g/mol. The molecule has 0 aliphatic heterocycles. The van der Waals surface area contributed by atoms with Gasteiger partial charge in [0.05, 0.1) is 37.5 Å². The van der Waals surface area contributed by atoms with E-state index < -0.39 is 18.9 Å². The highest BCUT2D eigenvalue weighted by Crippen LogP contribution is 2.25. The van der Waals surface area contributed by atoms with Crippen molar-refractivity contribution in [3.05, 3.63) is 0 Å². The molecule has 0 heterocycles. The van der Waals surface area contributed by atoms with E-state index >= 15 is 0 Å². The molecule has 19 heavy (non-hydrogen) atoms. The molecule has 11 N–H and O–H groups in total. The third-order valence-electron chi connectivity index (χ3n) is 1.44. The van der Waals surface area contributed by atoms with Crippen molar-refractivity contribution in [1.82, 2.24) is 0 Å². The van der Waals surface area contributed by atoms with E-state index in [9.17, 15) is 0 Å². The Morgan fingerprint density at radius 2 is 0.895 bits per heavy atom. The lowest BCUT2D eigenvalue weighted by Gasteiger charge is -2.16. The highest BCUT2D eigenvalue weighted by Gasteiger charge is 2.14. The Hall–Kier alpha value is -0.130. The average Bonchev–Trinajstić information content (AvgIpc) is 2.28. The zero-order valence-electron chi connectivity index (χ0n) is 11.0. The summed E-state index contributed by atoms with van der Waals surface area (Å²) in [6.07, 6.45) is 0. The predicted octanol–water partition coefficient (Wildman–Crippen LogP) is -3.55. The molecule has 0 saturated carbocycles. The Balaban J connectivity index is -0.000000206. The molecule has 0 atom stereocenters. The van der Waals surface area contributed by atoms with Crippen LogP contribution in [0.3, 0.4) is 0 Å². The van der Waals surface area contributed by atoms with E-state index in [2.05, 4.69) is 0 Å². The maximum atomic E-state index is 8.88. The van der Waals surface area contributed by atoms with E-state index in [1.807, 2.05) is 0 Å². The largest absolute Gasteiger partial charge is 0.466 e. The summed E-state index contributed by atoms with van der Waals surface area (Å²) in [5, 5.41) is 33.2. The smallest absolute Gasteiger partial charge is 0.394 e. The summed E-state index contributed by atoms with van der Waals surface area (Å²) in [6.45, 7) is 2.44. The van der Waals surface area contributed by atoms with Crippen LogP contribution < -0.4 is 11.5 Å². The predicted molar refractivity (Wildman–Crippen MR) is 67.8 cm³/mol. The molecule has 0 spiro atoms. The number of rotatable bonds is 4. The first-order valence-corrected chi connectivity index (χ1v) is 6.60. The van der Waals surface area contributed by atoms with Gasteiger partial charge < -0.3 is 46.6 Å². The second-order valence-corrected chi connectivity index (χ2v) is 5.48. The second kappa shape index (κ2) is 10.6. The van der Waals surface area contributed by atoms with E-state index in [0.717, 1.165) is 0 Å². The lowest BCUT2D eigenvalue weighted by molar-refractivity contribution is 0.134. The van der Waals surface area contributed by atoms with Crippen molar-refractivity contribution in [3.63, 3.8) is 0 Å². The van der Waals surface area contributed by atoms with Crippen LogP contribution in [0.25, 0.3) is 0 Å². The zero-order chi connectivity index (χ0) is 16.3. The fourth-order valence-electron chi connectivity index (χ4n) is 0.1000. The van der Waals surface area contributed by atoms with E-state index in [4.69, 9.17) is 51.1 Å². The van der Waals surface area contributed by atoms with Crippen LogP contribution in [0.4, 0.5) is 0 Å². The van der Waals surface area contributed by atoms with Crippen LogP contribution in [-0.2, 0) is 4.57 Å². The maximum absolute atomic E-state index is 8.88. The number of nitrogens with two attached hydrogens (primary N) is 2. The molecule has 0 aliphatic rings. The van der Waals surface area contributed by atoms with Crippen LogP contribution in [0.1, 0.15) is 13.8 Å². The van der Waals surface area contributed by atoms with Crippen molar-refractivity contribution < 1.29 is 39.7 Å². The fraction of sp³-hybridized carbons (Fsp3) is 1.00. The molecule has 0 saturated heterocycles. The second-order valence-electron chi connectivity index (χ2n) is 4.45. The summed E-state index contributed by atoms with van der Waals surface area (Å²) in [5.74, 6) is 0. The van der Waals surface area contributed by atoms with Gasteiger partial charge in [0.25, 0.3) is 0 Å². The van der Waals surface area contributed by atoms with Gasteiger partial charge in [-0.15, -0.1) is 0 Å². The normalized spacial score (nSPS) is 11.9. The molecule has 0 aromatic rings. The molecule has 0 amide bonds. The van der Waals surface area contributed by atoms with Crippen LogP contribution in [-0.4, -0.2) is 72.6 Å². The van der Waals surface area contributed by atoms with Crippen molar-refractivity contribution in [2.75, 3.05) is 26.4 Å². The molecular weight excluding hydrogens is 283 g/mol. The van der Waals surface area contributed by atoms with Gasteiger partial charge in [-0.3, -0.25) is 0 Å². The number of hydrogen-bond acceptors (Lipinski definition) is 7. The van der Waals surface area contributed by atoms with Crippen LogP contribution in [0, 0.1) is 0 Å². The molecule has 0 aliphatic carbocycles. The van der Waals surface area contributed by atoms with Crippen molar-refractivity contribution >= 4 is 7.82 Å². The summed E-state index contributed by atoms with van der Waals surface area (Å²) >= 11 is 0. The zero-order valence-corrected chi connectivity index (χ0v) is 11.9. The lowest BCUT2D eigenvalue weighted by atomic mass is 10.1. The topological polar surface area (TPSA) is 211 Å². The molecule has 0 aromatic heterocycles. The molecular formula is C8H25N2O8P. The highest BCUT2D eigenvalue weighted by atomic mass is 31.2. The van der Waals surface area contributed by atoms with Gasteiger partial charge in [0, 0.05) is 0 Å². The summed E-state index contributed by atoms with van der Waals surface area (Å²) in [7, 11) is -4.64. The standard InChI is InChI=1S/2C4H11NO2.H3O4P/c2*1-4(5,2-6)3-7;1-5(2,3)4/h2*6-7H,2-3,5H2,1H3;(H3,1,2,3,4). The van der Waals surface area contributed by atoms with E-state index in [1.54, 1.807) is 13.8 Å². The number of phosphoric acid groups is 1. The Labute approximate surface area is 111 Å². The SMILES string of the molecule is CC(N)(CO)CO.CC(N)(CO)CO.O=P(O)(O)O. The third kappa shape index (κ3) is 31.9. The van der Waals surface area contributed by atoms with Crippen molar-refractivity contribution in [2.24, 2.45) is 11.5 Å². The summed E-state index contributed by atoms with van der Waals surface area (Å²) in [6, 6.07) is 0.